The van der Waals surface area contributed by atoms with Crippen molar-refractivity contribution in [3.05, 3.63) is 106 Å². The molecule has 4 aromatic rings. The lowest BCUT2D eigenvalue weighted by Crippen LogP contribution is -2.31. The van der Waals surface area contributed by atoms with Crippen molar-refractivity contribution < 1.29 is 0 Å². The van der Waals surface area contributed by atoms with Gasteiger partial charge < -0.3 is 9.88 Å². The maximum Gasteiger partial charge on any atom is 0.274 e. The predicted molar refractivity (Wildman–Crippen MR) is 139 cm³/mol. The van der Waals surface area contributed by atoms with Crippen LogP contribution < -0.4 is 10.9 Å². The molecule has 34 heavy (non-hydrogen) atoms. The summed E-state index contributed by atoms with van der Waals surface area (Å²) in [6.07, 6.45) is 10.1. The van der Waals surface area contributed by atoms with Crippen molar-refractivity contribution >= 4 is 17.3 Å². The third-order valence-corrected chi connectivity index (χ3v) is 7.00. The molecule has 0 saturated heterocycles. The third kappa shape index (κ3) is 5.10. The maximum absolute atomic E-state index is 13.4. The highest BCUT2D eigenvalue weighted by atomic mass is 35.5. The highest BCUT2D eigenvalue weighted by Gasteiger charge is 2.23. The van der Waals surface area contributed by atoms with Gasteiger partial charge in [-0.05, 0) is 60.9 Å². The Morgan fingerprint density at radius 1 is 0.971 bits per heavy atom. The average Bonchev–Trinajstić information content (AvgIpc) is 3.30. The van der Waals surface area contributed by atoms with Crippen LogP contribution in [0.25, 0.3) is 11.1 Å². The number of aryl methyl sites for hydroxylation is 1. The molecule has 1 N–H and O–H groups in total. The number of nitrogens with one attached hydrogen (secondary N) is 1. The first-order valence-corrected chi connectivity index (χ1v) is 12.2. The second-order valence-electron chi connectivity index (χ2n) is 9.21. The molecule has 0 spiro atoms. The molecule has 174 valence electrons. The fourth-order valence-electron chi connectivity index (χ4n) is 4.89. The Labute approximate surface area is 205 Å². The van der Waals surface area contributed by atoms with Crippen molar-refractivity contribution in [1.82, 2.24) is 14.3 Å². The molecule has 0 aliphatic heterocycles. The highest BCUT2D eigenvalue weighted by Crippen LogP contribution is 2.34. The van der Waals surface area contributed by atoms with Crippen LogP contribution in [0.4, 0.5) is 5.69 Å². The third-order valence-electron chi connectivity index (χ3n) is 6.75. The lowest BCUT2D eigenvalue weighted by molar-refractivity contribution is 0.412. The van der Waals surface area contributed by atoms with Gasteiger partial charge in [-0.2, -0.15) is 5.10 Å². The fourth-order valence-corrected chi connectivity index (χ4v) is 5.01. The summed E-state index contributed by atoms with van der Waals surface area (Å²) in [6, 6.07) is 20.7. The smallest absolute Gasteiger partial charge is 0.274 e. The molecular weight excluding hydrogens is 444 g/mol. The van der Waals surface area contributed by atoms with Crippen LogP contribution in [-0.4, -0.2) is 20.4 Å². The topological polar surface area (TPSA) is 51.9 Å². The van der Waals surface area contributed by atoms with Crippen molar-refractivity contribution in [2.24, 2.45) is 7.05 Å². The first-order chi connectivity index (χ1) is 16.5. The molecule has 0 amide bonds. The van der Waals surface area contributed by atoms with Gasteiger partial charge in [-0.1, -0.05) is 54.1 Å². The summed E-state index contributed by atoms with van der Waals surface area (Å²) in [4.78, 5) is 13.4. The molecule has 2 heterocycles. The van der Waals surface area contributed by atoms with Gasteiger partial charge in [0.05, 0.1) is 12.7 Å². The average molecular weight is 473 g/mol. The zero-order valence-electron chi connectivity index (χ0n) is 19.3. The van der Waals surface area contributed by atoms with E-state index in [1.54, 1.807) is 9.25 Å². The zero-order valence-corrected chi connectivity index (χ0v) is 20.1. The van der Waals surface area contributed by atoms with Crippen LogP contribution in [0.1, 0.15) is 42.7 Å². The summed E-state index contributed by atoms with van der Waals surface area (Å²) in [5, 5.41) is 8.60. The molecule has 1 fully saturated rings. The number of pyridine rings is 1. The Morgan fingerprint density at radius 3 is 2.38 bits per heavy atom. The first-order valence-electron chi connectivity index (χ1n) is 11.8. The van der Waals surface area contributed by atoms with Gasteiger partial charge in [0.25, 0.3) is 5.56 Å². The molecule has 1 saturated carbocycles. The predicted octanol–water partition coefficient (Wildman–Crippen LogP) is 6.09. The van der Waals surface area contributed by atoms with E-state index in [1.165, 1.54) is 5.56 Å². The lowest BCUT2D eigenvalue weighted by atomic mass is 9.82. The largest absolute Gasteiger partial charge is 0.378 e. The number of benzene rings is 2. The van der Waals surface area contributed by atoms with E-state index in [0.29, 0.717) is 29.2 Å². The molecule has 2 aromatic carbocycles. The molecule has 6 heteroatoms. The van der Waals surface area contributed by atoms with Crippen LogP contribution in [0.15, 0.2) is 84.0 Å². The number of nitrogens with zero attached hydrogens (tertiary/aromatic N) is 3. The van der Waals surface area contributed by atoms with Gasteiger partial charge in [-0.25, -0.2) is 0 Å². The van der Waals surface area contributed by atoms with Crippen molar-refractivity contribution in [2.45, 2.75) is 44.2 Å². The van der Waals surface area contributed by atoms with Crippen LogP contribution in [0.2, 0.25) is 5.02 Å². The molecule has 0 unspecified atom stereocenters. The van der Waals surface area contributed by atoms with Gasteiger partial charge in [0.15, 0.2) is 0 Å². The van der Waals surface area contributed by atoms with E-state index in [9.17, 15) is 4.79 Å². The molecule has 0 atom stereocenters. The summed E-state index contributed by atoms with van der Waals surface area (Å²) in [5.41, 5.74) is 5.06. The Balaban J connectivity index is 1.39. The van der Waals surface area contributed by atoms with E-state index in [1.807, 2.05) is 56.0 Å². The quantitative estimate of drug-likeness (QED) is 0.369. The van der Waals surface area contributed by atoms with Crippen LogP contribution in [-0.2, 0) is 13.6 Å². The fraction of sp³-hybridized carbons (Fsp3) is 0.286. The standard InChI is InChI=1S/C28H29ClN4O/c1-32-18-24(16-30-32)23-15-27(28(34)33(19-23)17-20-7-11-25(29)12-8-20)31-26-13-9-22(10-14-26)21-5-3-2-4-6-21/h2-8,11-12,15-16,18-19,22,26,31H,9-10,13-14,17H2,1H3. The van der Waals surface area contributed by atoms with E-state index in [-0.39, 0.29) is 5.56 Å². The Morgan fingerprint density at radius 2 is 1.71 bits per heavy atom. The van der Waals surface area contributed by atoms with Gasteiger partial charge in [-0.3, -0.25) is 9.48 Å². The lowest BCUT2D eigenvalue weighted by Gasteiger charge is -2.30. The number of hydrogen-bond acceptors (Lipinski definition) is 3. The number of rotatable bonds is 6. The minimum Gasteiger partial charge on any atom is -0.378 e. The Kier molecular flexibility index (Phi) is 6.54. The summed E-state index contributed by atoms with van der Waals surface area (Å²) in [6.45, 7) is 0.486. The van der Waals surface area contributed by atoms with Gasteiger partial charge in [0.1, 0.15) is 5.69 Å². The molecule has 5 rings (SSSR count). The maximum atomic E-state index is 13.4. The second-order valence-corrected chi connectivity index (χ2v) is 9.64. The highest BCUT2D eigenvalue weighted by molar-refractivity contribution is 6.30. The summed E-state index contributed by atoms with van der Waals surface area (Å²) in [7, 11) is 1.90. The van der Waals surface area contributed by atoms with Crippen molar-refractivity contribution in [2.75, 3.05) is 5.32 Å². The van der Waals surface area contributed by atoms with Crippen molar-refractivity contribution in [1.29, 1.82) is 0 Å². The van der Waals surface area contributed by atoms with Crippen LogP contribution in [0.3, 0.4) is 0 Å². The van der Waals surface area contributed by atoms with Gasteiger partial charge >= 0.3 is 0 Å². The van der Waals surface area contributed by atoms with Crippen LogP contribution in [0.5, 0.6) is 0 Å². The monoisotopic (exact) mass is 472 g/mol. The minimum atomic E-state index is -0.00669. The number of aromatic nitrogens is 3. The molecule has 5 nitrogen and oxygen atoms in total. The Hall–Kier alpha value is -3.31. The van der Waals surface area contributed by atoms with Crippen molar-refractivity contribution in [3.63, 3.8) is 0 Å². The van der Waals surface area contributed by atoms with Gasteiger partial charge in [-0.15, -0.1) is 0 Å². The SMILES string of the molecule is Cn1cc(-c2cc(NC3CCC(c4ccccc4)CC3)c(=O)n(Cc3ccc(Cl)cc3)c2)cn1. The van der Waals surface area contributed by atoms with Gasteiger partial charge in [0.2, 0.25) is 0 Å². The van der Waals surface area contributed by atoms with E-state index in [0.717, 1.165) is 42.4 Å². The number of halogens is 1. The molecular formula is C28H29ClN4O. The summed E-state index contributed by atoms with van der Waals surface area (Å²) >= 11 is 6.05. The van der Waals surface area contributed by atoms with Crippen LogP contribution in [0, 0.1) is 0 Å². The van der Waals surface area contributed by atoms with Crippen molar-refractivity contribution in [3.8, 4) is 11.1 Å². The first kappa shape index (κ1) is 22.5. The Bertz CT molecular complexity index is 1300. The minimum absolute atomic E-state index is 0.00669. The molecule has 0 radical (unpaired) electrons. The van der Waals surface area contributed by atoms with E-state index >= 15 is 0 Å². The van der Waals surface area contributed by atoms with Crippen LogP contribution >= 0.6 is 11.6 Å². The molecule has 1 aliphatic carbocycles. The zero-order chi connectivity index (χ0) is 23.5. The van der Waals surface area contributed by atoms with Gasteiger partial charge in [0, 0.05) is 41.6 Å². The number of anilines is 1. The second kappa shape index (κ2) is 9.90. The van der Waals surface area contributed by atoms with E-state index < -0.39 is 0 Å². The molecule has 0 bridgehead atoms. The molecule has 2 aromatic heterocycles. The molecule has 1 aliphatic rings. The summed E-state index contributed by atoms with van der Waals surface area (Å²) in [5.74, 6) is 0.600. The summed E-state index contributed by atoms with van der Waals surface area (Å²) < 4.78 is 3.56. The number of hydrogen-bond donors (Lipinski definition) is 1. The van der Waals surface area contributed by atoms with E-state index in [4.69, 9.17) is 11.6 Å². The van der Waals surface area contributed by atoms with E-state index in [2.05, 4.69) is 40.7 Å². The normalized spacial score (nSPS) is 18.1.